The molecule has 2 aromatic carbocycles. The van der Waals surface area contributed by atoms with Gasteiger partial charge in [-0.3, -0.25) is 4.79 Å². The maximum Gasteiger partial charge on any atom is 0.338 e. The molecule has 3 rings (SSSR count). The van der Waals surface area contributed by atoms with E-state index in [0.717, 1.165) is 24.8 Å². The van der Waals surface area contributed by atoms with Gasteiger partial charge in [-0.05, 0) is 50.1 Å². The molecule has 0 aromatic heterocycles. The first kappa shape index (κ1) is 21.0. The first-order valence-electron chi connectivity index (χ1n) is 9.50. The molecular formula is C21H24N2O5S. The van der Waals surface area contributed by atoms with Crippen LogP contribution >= 0.6 is 0 Å². The van der Waals surface area contributed by atoms with Gasteiger partial charge in [0.2, 0.25) is 10.0 Å². The van der Waals surface area contributed by atoms with Crippen molar-refractivity contribution in [3.8, 4) is 0 Å². The van der Waals surface area contributed by atoms with Gasteiger partial charge in [0, 0.05) is 18.8 Å². The Bertz CT molecular complexity index is 998. The fourth-order valence-electron chi connectivity index (χ4n) is 3.17. The number of carbonyl (C=O) groups is 2. The van der Waals surface area contributed by atoms with Crippen LogP contribution in [0.15, 0.2) is 53.4 Å². The first-order valence-corrected chi connectivity index (χ1v) is 10.9. The molecule has 0 bridgehead atoms. The van der Waals surface area contributed by atoms with Crippen LogP contribution in [0.25, 0.3) is 0 Å². The topological polar surface area (TPSA) is 92.8 Å². The minimum absolute atomic E-state index is 0.133. The zero-order chi connectivity index (χ0) is 20.9. The Morgan fingerprint density at radius 1 is 1.03 bits per heavy atom. The number of rotatable bonds is 6. The third-order valence-corrected chi connectivity index (χ3v) is 6.55. The number of carbonyl (C=O) groups excluding carboxylic acids is 2. The Morgan fingerprint density at radius 2 is 1.76 bits per heavy atom. The molecular weight excluding hydrogens is 392 g/mol. The van der Waals surface area contributed by atoms with Crippen molar-refractivity contribution in [2.75, 3.05) is 25.0 Å². The molecule has 154 valence electrons. The minimum Gasteiger partial charge on any atom is -0.452 e. The summed E-state index contributed by atoms with van der Waals surface area (Å²) in [6, 6.07) is 13.0. The van der Waals surface area contributed by atoms with Gasteiger partial charge in [0.15, 0.2) is 6.61 Å². The summed E-state index contributed by atoms with van der Waals surface area (Å²) < 4.78 is 32.0. The van der Waals surface area contributed by atoms with E-state index < -0.39 is 28.5 Å². The van der Waals surface area contributed by atoms with Crippen molar-refractivity contribution in [3.63, 3.8) is 0 Å². The Kier molecular flexibility index (Phi) is 6.66. The summed E-state index contributed by atoms with van der Waals surface area (Å²) >= 11 is 0. The predicted octanol–water partition coefficient (Wildman–Crippen LogP) is 2.97. The summed E-state index contributed by atoms with van der Waals surface area (Å²) in [5.74, 6) is -1.14. The molecule has 8 heteroatoms. The fourth-order valence-corrected chi connectivity index (χ4v) is 4.74. The number of ether oxygens (including phenoxy) is 1. The van der Waals surface area contributed by atoms with E-state index in [1.165, 1.54) is 16.4 Å². The minimum atomic E-state index is -3.59. The number of esters is 1. The second-order valence-corrected chi connectivity index (χ2v) is 8.92. The largest absolute Gasteiger partial charge is 0.452 e. The lowest BCUT2D eigenvalue weighted by molar-refractivity contribution is -0.119. The molecule has 0 saturated carbocycles. The molecule has 1 aliphatic rings. The number of hydrogen-bond acceptors (Lipinski definition) is 5. The van der Waals surface area contributed by atoms with E-state index in [4.69, 9.17) is 4.74 Å². The third-order valence-electron chi connectivity index (χ3n) is 4.66. The molecule has 1 amide bonds. The van der Waals surface area contributed by atoms with Gasteiger partial charge in [-0.25, -0.2) is 13.2 Å². The quantitative estimate of drug-likeness (QED) is 0.731. The molecule has 1 saturated heterocycles. The van der Waals surface area contributed by atoms with Crippen LogP contribution in [0.1, 0.15) is 35.2 Å². The number of piperidine rings is 1. The van der Waals surface area contributed by atoms with E-state index in [-0.39, 0.29) is 4.90 Å². The number of aryl methyl sites for hydroxylation is 1. The Morgan fingerprint density at radius 3 is 2.48 bits per heavy atom. The second kappa shape index (κ2) is 9.19. The summed E-state index contributed by atoms with van der Waals surface area (Å²) in [4.78, 5) is 24.3. The molecule has 1 aliphatic heterocycles. The van der Waals surface area contributed by atoms with Crippen LogP contribution in [0, 0.1) is 6.92 Å². The molecule has 0 atom stereocenters. The highest BCUT2D eigenvalue weighted by Crippen LogP contribution is 2.22. The molecule has 1 heterocycles. The Hall–Kier alpha value is -2.71. The molecule has 0 unspecified atom stereocenters. The van der Waals surface area contributed by atoms with Gasteiger partial charge in [0.1, 0.15) is 0 Å². The molecule has 0 radical (unpaired) electrons. The maximum atomic E-state index is 12.8. The Balaban J connectivity index is 1.61. The average Bonchev–Trinajstić information content (AvgIpc) is 2.73. The zero-order valence-corrected chi connectivity index (χ0v) is 17.1. The molecule has 29 heavy (non-hydrogen) atoms. The fraction of sp³-hybridized carbons (Fsp3) is 0.333. The highest BCUT2D eigenvalue weighted by Gasteiger charge is 2.26. The number of hydrogen-bond donors (Lipinski definition) is 1. The molecule has 1 fully saturated rings. The van der Waals surface area contributed by atoms with Crippen LogP contribution in [0.2, 0.25) is 0 Å². The van der Waals surface area contributed by atoms with Gasteiger partial charge in [0.25, 0.3) is 5.91 Å². The smallest absolute Gasteiger partial charge is 0.338 e. The number of nitrogens with zero attached hydrogens (tertiary/aromatic N) is 1. The molecule has 1 N–H and O–H groups in total. The van der Waals surface area contributed by atoms with Gasteiger partial charge in [-0.15, -0.1) is 0 Å². The van der Waals surface area contributed by atoms with E-state index in [0.29, 0.717) is 24.3 Å². The van der Waals surface area contributed by atoms with Crippen molar-refractivity contribution in [1.29, 1.82) is 0 Å². The number of sulfonamides is 1. The summed E-state index contributed by atoms with van der Waals surface area (Å²) in [6.45, 7) is 2.41. The van der Waals surface area contributed by atoms with Crippen molar-refractivity contribution < 1.29 is 22.7 Å². The second-order valence-electron chi connectivity index (χ2n) is 6.99. The highest BCUT2D eigenvalue weighted by molar-refractivity contribution is 7.89. The van der Waals surface area contributed by atoms with Gasteiger partial charge in [-0.2, -0.15) is 4.31 Å². The SMILES string of the molecule is Cc1cccc(C(=O)OCC(=O)Nc2cccc(S(=O)(=O)N3CCCCC3)c2)c1. The van der Waals surface area contributed by atoms with Crippen LogP contribution in [0.4, 0.5) is 5.69 Å². The standard InChI is InChI=1S/C21H24N2O5S/c1-16-7-5-8-17(13-16)21(25)28-15-20(24)22-18-9-6-10-19(14-18)29(26,27)23-11-3-2-4-12-23/h5-10,13-14H,2-4,11-12,15H2,1H3,(H,22,24). The Labute approximate surface area is 170 Å². The summed E-state index contributed by atoms with van der Waals surface area (Å²) in [5, 5.41) is 2.58. The van der Waals surface area contributed by atoms with Crippen LogP contribution in [-0.2, 0) is 19.6 Å². The summed E-state index contributed by atoms with van der Waals surface area (Å²) in [6.07, 6.45) is 2.73. The van der Waals surface area contributed by atoms with Crippen molar-refractivity contribution in [2.24, 2.45) is 0 Å². The van der Waals surface area contributed by atoms with Crippen LogP contribution in [0.3, 0.4) is 0 Å². The first-order chi connectivity index (χ1) is 13.9. The van der Waals surface area contributed by atoms with Crippen molar-refractivity contribution >= 4 is 27.6 Å². The van der Waals surface area contributed by atoms with E-state index in [1.54, 1.807) is 30.3 Å². The zero-order valence-electron chi connectivity index (χ0n) is 16.3. The van der Waals surface area contributed by atoms with E-state index in [2.05, 4.69) is 5.32 Å². The van der Waals surface area contributed by atoms with Gasteiger partial charge < -0.3 is 10.1 Å². The number of amides is 1. The summed E-state index contributed by atoms with van der Waals surface area (Å²) in [5.41, 5.74) is 1.61. The maximum absolute atomic E-state index is 12.8. The lowest BCUT2D eigenvalue weighted by atomic mass is 10.1. The molecule has 0 spiro atoms. The average molecular weight is 416 g/mol. The molecule has 0 aliphatic carbocycles. The highest BCUT2D eigenvalue weighted by atomic mass is 32.2. The summed E-state index contributed by atoms with van der Waals surface area (Å²) in [7, 11) is -3.59. The number of anilines is 1. The molecule has 7 nitrogen and oxygen atoms in total. The van der Waals surface area contributed by atoms with Gasteiger partial charge in [-0.1, -0.05) is 30.2 Å². The lowest BCUT2D eigenvalue weighted by Gasteiger charge is -2.26. The van der Waals surface area contributed by atoms with Crippen LogP contribution in [-0.4, -0.2) is 44.3 Å². The number of benzene rings is 2. The van der Waals surface area contributed by atoms with E-state index >= 15 is 0 Å². The van der Waals surface area contributed by atoms with E-state index in [9.17, 15) is 18.0 Å². The van der Waals surface area contributed by atoms with Crippen LogP contribution in [0.5, 0.6) is 0 Å². The van der Waals surface area contributed by atoms with Gasteiger partial charge in [0.05, 0.1) is 10.5 Å². The monoisotopic (exact) mass is 416 g/mol. The molecule has 2 aromatic rings. The van der Waals surface area contributed by atoms with Crippen LogP contribution < -0.4 is 5.32 Å². The third kappa shape index (κ3) is 5.42. The number of nitrogens with one attached hydrogen (secondary N) is 1. The van der Waals surface area contributed by atoms with Crippen molar-refractivity contribution in [1.82, 2.24) is 4.31 Å². The van der Waals surface area contributed by atoms with Gasteiger partial charge >= 0.3 is 5.97 Å². The predicted molar refractivity (Wildman–Crippen MR) is 109 cm³/mol. The van der Waals surface area contributed by atoms with Crippen molar-refractivity contribution in [2.45, 2.75) is 31.1 Å². The lowest BCUT2D eigenvalue weighted by Crippen LogP contribution is -2.35. The normalized spacial score (nSPS) is 14.9. The van der Waals surface area contributed by atoms with E-state index in [1.807, 2.05) is 13.0 Å². The van der Waals surface area contributed by atoms with Crippen molar-refractivity contribution in [3.05, 3.63) is 59.7 Å².